The third-order valence-electron chi connectivity index (χ3n) is 1.72. The fraction of sp³-hybridized carbons (Fsp3) is 0.125. The van der Waals surface area contributed by atoms with Gasteiger partial charge in [0, 0.05) is 3.57 Å². The van der Waals surface area contributed by atoms with E-state index >= 15 is 0 Å². The summed E-state index contributed by atoms with van der Waals surface area (Å²) >= 11 is 7.36. The van der Waals surface area contributed by atoms with Crippen LogP contribution in [0.1, 0.15) is 5.01 Å². The molecule has 0 aliphatic carbocycles. The molecule has 0 atom stereocenters. The number of anilines is 1. The summed E-state index contributed by atoms with van der Waals surface area (Å²) in [5.41, 5.74) is 7.71. The topological polar surface area (TPSA) is 38.9 Å². The molecular formula is C8H6BrIN2S. The highest BCUT2D eigenvalue weighted by Crippen LogP contribution is 2.36. The SMILES string of the molecule is Cc1nc2cc(I)c(N)c(Br)c2s1. The molecule has 0 saturated carbocycles. The lowest BCUT2D eigenvalue weighted by molar-refractivity contribution is 1.34. The van der Waals surface area contributed by atoms with Crippen LogP contribution in [0.3, 0.4) is 0 Å². The number of fused-ring (bicyclic) bond motifs is 1. The van der Waals surface area contributed by atoms with Crippen molar-refractivity contribution in [3.63, 3.8) is 0 Å². The average molecular weight is 369 g/mol. The van der Waals surface area contributed by atoms with Crippen LogP contribution in [0.2, 0.25) is 0 Å². The summed E-state index contributed by atoms with van der Waals surface area (Å²) in [6.45, 7) is 2.00. The van der Waals surface area contributed by atoms with Crippen molar-refractivity contribution in [1.82, 2.24) is 4.98 Å². The number of halogens is 2. The summed E-state index contributed by atoms with van der Waals surface area (Å²) in [6, 6.07) is 2.01. The van der Waals surface area contributed by atoms with Gasteiger partial charge in [0.05, 0.1) is 25.4 Å². The smallest absolute Gasteiger partial charge is 0.0908 e. The molecule has 0 unspecified atom stereocenters. The number of nitrogen functional groups attached to an aromatic ring is 1. The first-order valence-electron chi connectivity index (χ1n) is 3.60. The van der Waals surface area contributed by atoms with Crippen LogP contribution in [-0.4, -0.2) is 4.98 Å². The molecule has 1 heterocycles. The van der Waals surface area contributed by atoms with Crippen molar-refractivity contribution in [1.29, 1.82) is 0 Å². The number of thiazole rings is 1. The molecule has 1 aromatic heterocycles. The van der Waals surface area contributed by atoms with Crippen molar-refractivity contribution in [3.8, 4) is 0 Å². The second-order valence-corrected chi connectivity index (χ2v) is 5.83. The Morgan fingerprint density at radius 3 is 3.00 bits per heavy atom. The van der Waals surface area contributed by atoms with Crippen molar-refractivity contribution in [2.24, 2.45) is 0 Å². The Morgan fingerprint density at radius 2 is 2.31 bits per heavy atom. The largest absolute Gasteiger partial charge is 0.397 e. The second-order valence-electron chi connectivity index (χ2n) is 2.67. The van der Waals surface area contributed by atoms with Crippen LogP contribution < -0.4 is 5.73 Å². The van der Waals surface area contributed by atoms with Crippen LogP contribution in [0.25, 0.3) is 10.2 Å². The third-order valence-corrected chi connectivity index (χ3v) is 4.70. The number of hydrogen-bond donors (Lipinski definition) is 1. The molecule has 68 valence electrons. The zero-order valence-corrected chi connectivity index (χ0v) is 11.3. The second kappa shape index (κ2) is 3.36. The minimum Gasteiger partial charge on any atom is -0.397 e. The fourth-order valence-electron chi connectivity index (χ4n) is 1.12. The van der Waals surface area contributed by atoms with E-state index in [1.165, 1.54) is 0 Å². The quantitative estimate of drug-likeness (QED) is 0.570. The van der Waals surface area contributed by atoms with Crippen LogP contribution in [0.5, 0.6) is 0 Å². The Bertz CT molecular complexity index is 480. The average Bonchev–Trinajstić information content (AvgIpc) is 2.42. The van der Waals surface area contributed by atoms with Crippen LogP contribution in [0, 0.1) is 10.5 Å². The van der Waals surface area contributed by atoms with Crippen molar-refractivity contribution in [3.05, 3.63) is 19.1 Å². The maximum absolute atomic E-state index is 5.88. The van der Waals surface area contributed by atoms with Gasteiger partial charge >= 0.3 is 0 Å². The summed E-state index contributed by atoms with van der Waals surface area (Å²) in [5, 5.41) is 1.07. The van der Waals surface area contributed by atoms with E-state index in [2.05, 4.69) is 43.5 Å². The van der Waals surface area contributed by atoms with E-state index in [9.17, 15) is 0 Å². The van der Waals surface area contributed by atoms with Gasteiger partial charge < -0.3 is 5.73 Å². The van der Waals surface area contributed by atoms with Crippen LogP contribution in [0.15, 0.2) is 10.5 Å². The predicted octanol–water partition coefficient (Wildman–Crippen LogP) is 3.55. The molecular weight excluding hydrogens is 363 g/mol. The van der Waals surface area contributed by atoms with E-state index in [-0.39, 0.29) is 0 Å². The Balaban J connectivity index is 2.92. The molecule has 0 spiro atoms. The lowest BCUT2D eigenvalue weighted by Gasteiger charge is -2.01. The Kier molecular flexibility index (Phi) is 2.50. The first-order valence-corrected chi connectivity index (χ1v) is 6.29. The van der Waals surface area contributed by atoms with E-state index in [1.807, 2.05) is 13.0 Å². The minimum atomic E-state index is 0.803. The maximum Gasteiger partial charge on any atom is 0.0908 e. The van der Waals surface area contributed by atoms with Crippen molar-refractivity contribution >= 4 is 65.8 Å². The summed E-state index contributed by atoms with van der Waals surface area (Å²) in [5.74, 6) is 0. The molecule has 2 rings (SSSR count). The van der Waals surface area contributed by atoms with Gasteiger partial charge in [-0.3, -0.25) is 0 Å². The van der Waals surface area contributed by atoms with Gasteiger partial charge in [-0.15, -0.1) is 11.3 Å². The third kappa shape index (κ3) is 1.57. The molecule has 0 aliphatic heterocycles. The van der Waals surface area contributed by atoms with Crippen LogP contribution in [-0.2, 0) is 0 Å². The van der Waals surface area contributed by atoms with Crippen molar-refractivity contribution in [2.45, 2.75) is 6.92 Å². The van der Waals surface area contributed by atoms with Gasteiger partial charge in [-0.2, -0.15) is 0 Å². The molecule has 0 aliphatic rings. The minimum absolute atomic E-state index is 0.803. The first-order chi connectivity index (χ1) is 6.09. The highest BCUT2D eigenvalue weighted by atomic mass is 127. The Labute approximate surface area is 102 Å². The van der Waals surface area contributed by atoms with E-state index in [1.54, 1.807) is 11.3 Å². The highest BCUT2D eigenvalue weighted by Gasteiger charge is 2.10. The molecule has 0 fully saturated rings. The van der Waals surface area contributed by atoms with Gasteiger partial charge in [0.1, 0.15) is 0 Å². The zero-order chi connectivity index (χ0) is 9.59. The molecule has 2 N–H and O–H groups in total. The van der Waals surface area contributed by atoms with Crippen LogP contribution in [0.4, 0.5) is 5.69 Å². The monoisotopic (exact) mass is 368 g/mol. The summed E-state index contributed by atoms with van der Waals surface area (Å²) < 4.78 is 3.15. The van der Waals surface area contributed by atoms with Gasteiger partial charge in [0.15, 0.2) is 0 Å². The number of benzene rings is 1. The molecule has 0 amide bonds. The van der Waals surface area contributed by atoms with E-state index in [0.717, 1.165) is 29.0 Å². The lowest BCUT2D eigenvalue weighted by Crippen LogP contribution is -1.90. The van der Waals surface area contributed by atoms with E-state index in [0.29, 0.717) is 0 Å². The Morgan fingerprint density at radius 1 is 1.62 bits per heavy atom. The molecule has 2 aromatic rings. The Hall–Kier alpha value is 0.120. The number of nitrogens with zero attached hydrogens (tertiary/aromatic N) is 1. The predicted molar refractivity (Wildman–Crippen MR) is 69.2 cm³/mol. The number of nitrogens with two attached hydrogens (primary N) is 1. The number of aryl methyl sites for hydroxylation is 1. The van der Waals surface area contributed by atoms with Crippen LogP contribution >= 0.6 is 49.9 Å². The summed E-state index contributed by atoms with van der Waals surface area (Å²) in [6.07, 6.45) is 0. The fourth-order valence-corrected chi connectivity index (χ4v) is 3.57. The van der Waals surface area contributed by atoms with Crippen molar-refractivity contribution in [2.75, 3.05) is 5.73 Å². The van der Waals surface area contributed by atoms with E-state index < -0.39 is 0 Å². The van der Waals surface area contributed by atoms with Gasteiger partial charge in [0.2, 0.25) is 0 Å². The van der Waals surface area contributed by atoms with Crippen molar-refractivity contribution < 1.29 is 0 Å². The normalized spacial score (nSPS) is 11.0. The molecule has 0 bridgehead atoms. The zero-order valence-electron chi connectivity index (χ0n) is 6.77. The highest BCUT2D eigenvalue weighted by molar-refractivity contribution is 14.1. The van der Waals surface area contributed by atoms with Gasteiger partial charge in [-0.05, 0) is 51.5 Å². The van der Waals surface area contributed by atoms with Gasteiger partial charge in [0.25, 0.3) is 0 Å². The molecule has 13 heavy (non-hydrogen) atoms. The molecule has 0 saturated heterocycles. The molecule has 5 heteroatoms. The number of hydrogen-bond acceptors (Lipinski definition) is 3. The van der Waals surface area contributed by atoms with Gasteiger partial charge in [-0.25, -0.2) is 4.98 Å². The lowest BCUT2D eigenvalue weighted by atomic mass is 10.3. The van der Waals surface area contributed by atoms with Gasteiger partial charge in [-0.1, -0.05) is 0 Å². The first kappa shape index (κ1) is 9.67. The molecule has 0 radical (unpaired) electrons. The van der Waals surface area contributed by atoms with E-state index in [4.69, 9.17) is 5.73 Å². The maximum atomic E-state index is 5.88. The number of aromatic nitrogens is 1. The summed E-state index contributed by atoms with van der Waals surface area (Å²) in [7, 11) is 0. The molecule has 1 aromatic carbocycles. The molecule has 2 nitrogen and oxygen atoms in total. The summed E-state index contributed by atoms with van der Waals surface area (Å²) in [4.78, 5) is 4.40. The number of rotatable bonds is 0. The standard InChI is InChI=1S/C8H6BrIN2S/c1-3-12-5-2-4(10)7(11)6(9)8(5)13-3/h2H,11H2,1H3.